The number of ether oxygens (including phenoxy) is 1. The van der Waals surface area contributed by atoms with Crippen LogP contribution in [0.3, 0.4) is 0 Å². The third kappa shape index (κ3) is 3.91. The van der Waals surface area contributed by atoms with Crippen LogP contribution < -0.4 is 5.73 Å². The number of aliphatic hydroxyl groups excluding tert-OH is 1. The second-order valence-electron chi connectivity index (χ2n) is 6.11. The molecule has 0 aromatic carbocycles. The fourth-order valence-electron chi connectivity index (χ4n) is 2.48. The lowest BCUT2D eigenvalue weighted by molar-refractivity contribution is 0.000592. The Balaban J connectivity index is 2.57. The molecule has 0 aromatic rings. The van der Waals surface area contributed by atoms with Crippen LogP contribution >= 0.6 is 0 Å². The van der Waals surface area contributed by atoms with Crippen molar-refractivity contribution in [2.75, 3.05) is 26.8 Å². The van der Waals surface area contributed by atoms with Gasteiger partial charge in [0.2, 0.25) is 0 Å². The van der Waals surface area contributed by atoms with E-state index in [-0.39, 0.29) is 24.1 Å². The molecular weight excluding hydrogens is 216 g/mol. The van der Waals surface area contributed by atoms with Crippen molar-refractivity contribution < 1.29 is 9.84 Å². The normalized spacial score (nSPS) is 23.6. The van der Waals surface area contributed by atoms with Gasteiger partial charge in [0, 0.05) is 32.3 Å². The van der Waals surface area contributed by atoms with Crippen molar-refractivity contribution in [2.24, 2.45) is 11.1 Å². The average Bonchev–Trinajstić information content (AvgIpc) is 2.29. The van der Waals surface area contributed by atoms with E-state index in [0.29, 0.717) is 6.10 Å². The van der Waals surface area contributed by atoms with Gasteiger partial charge in [-0.05, 0) is 18.3 Å². The maximum absolute atomic E-state index is 9.58. The Morgan fingerprint density at radius 3 is 2.24 bits per heavy atom. The van der Waals surface area contributed by atoms with Crippen molar-refractivity contribution in [1.82, 2.24) is 4.90 Å². The first kappa shape index (κ1) is 14.9. The van der Waals surface area contributed by atoms with E-state index in [1.54, 1.807) is 7.11 Å². The fourth-order valence-corrected chi connectivity index (χ4v) is 2.48. The molecule has 1 aliphatic rings. The molecule has 2 atom stereocenters. The van der Waals surface area contributed by atoms with Crippen molar-refractivity contribution in [2.45, 2.75) is 51.8 Å². The van der Waals surface area contributed by atoms with Crippen molar-refractivity contribution in [3.8, 4) is 0 Å². The largest absolute Gasteiger partial charge is 0.395 e. The molecule has 4 heteroatoms. The highest BCUT2D eigenvalue weighted by atomic mass is 16.5. The Kier molecular flexibility index (Phi) is 5.38. The summed E-state index contributed by atoms with van der Waals surface area (Å²) in [6, 6.07) is 0.0550. The van der Waals surface area contributed by atoms with Crippen LogP contribution in [0.2, 0.25) is 0 Å². The van der Waals surface area contributed by atoms with E-state index >= 15 is 0 Å². The van der Waals surface area contributed by atoms with Crippen molar-refractivity contribution in [3.05, 3.63) is 0 Å². The third-order valence-corrected chi connectivity index (χ3v) is 3.88. The summed E-state index contributed by atoms with van der Waals surface area (Å²) in [6.45, 7) is 8.45. The van der Waals surface area contributed by atoms with E-state index in [1.165, 1.54) is 0 Å². The summed E-state index contributed by atoms with van der Waals surface area (Å²) in [4.78, 5) is 2.31. The molecule has 0 aromatic heterocycles. The van der Waals surface area contributed by atoms with E-state index in [4.69, 9.17) is 10.5 Å². The number of rotatable bonds is 4. The second-order valence-corrected chi connectivity index (χ2v) is 6.11. The molecule has 0 radical (unpaired) electrons. The SMILES string of the molecule is COC1CCN(C(CO)C(N)C(C)(C)C)CC1. The first-order valence-electron chi connectivity index (χ1n) is 6.53. The Bertz CT molecular complexity index is 220. The Morgan fingerprint density at radius 2 is 1.88 bits per heavy atom. The maximum Gasteiger partial charge on any atom is 0.0602 e. The van der Waals surface area contributed by atoms with Gasteiger partial charge >= 0.3 is 0 Å². The van der Waals surface area contributed by atoms with Crippen molar-refractivity contribution >= 4 is 0 Å². The first-order chi connectivity index (χ1) is 7.90. The summed E-state index contributed by atoms with van der Waals surface area (Å²) in [5.41, 5.74) is 6.29. The van der Waals surface area contributed by atoms with Gasteiger partial charge in [-0.1, -0.05) is 20.8 Å². The van der Waals surface area contributed by atoms with Gasteiger partial charge < -0.3 is 15.6 Å². The van der Waals surface area contributed by atoms with Crippen LogP contribution in [0.1, 0.15) is 33.6 Å². The zero-order valence-electron chi connectivity index (χ0n) is 11.6. The Hall–Kier alpha value is -0.160. The summed E-state index contributed by atoms with van der Waals surface area (Å²) in [5, 5.41) is 9.58. The quantitative estimate of drug-likeness (QED) is 0.769. The monoisotopic (exact) mass is 244 g/mol. The summed E-state index contributed by atoms with van der Waals surface area (Å²) in [7, 11) is 1.77. The summed E-state index contributed by atoms with van der Waals surface area (Å²) in [5.74, 6) is 0. The molecule has 0 bridgehead atoms. The second kappa shape index (κ2) is 6.14. The Labute approximate surface area is 105 Å². The molecule has 1 heterocycles. The van der Waals surface area contributed by atoms with E-state index in [0.717, 1.165) is 25.9 Å². The van der Waals surface area contributed by atoms with Crippen LogP contribution in [0, 0.1) is 5.41 Å². The molecule has 3 N–H and O–H groups in total. The third-order valence-electron chi connectivity index (χ3n) is 3.88. The van der Waals surface area contributed by atoms with Gasteiger partial charge in [-0.15, -0.1) is 0 Å². The summed E-state index contributed by atoms with van der Waals surface area (Å²) < 4.78 is 5.36. The standard InChI is InChI=1S/C13H28N2O2/c1-13(2,3)12(14)11(9-16)15-7-5-10(17-4)6-8-15/h10-12,16H,5-9,14H2,1-4H3. The van der Waals surface area contributed by atoms with Crippen LogP contribution in [0.15, 0.2) is 0 Å². The minimum atomic E-state index is -0.00778. The molecule has 1 saturated heterocycles. The molecule has 4 nitrogen and oxygen atoms in total. The molecule has 2 unspecified atom stereocenters. The molecule has 1 rings (SSSR count). The van der Waals surface area contributed by atoms with E-state index in [2.05, 4.69) is 25.7 Å². The minimum Gasteiger partial charge on any atom is -0.395 e. The zero-order chi connectivity index (χ0) is 13.1. The smallest absolute Gasteiger partial charge is 0.0602 e. The lowest BCUT2D eigenvalue weighted by Crippen LogP contribution is -2.57. The first-order valence-corrected chi connectivity index (χ1v) is 6.53. The highest BCUT2D eigenvalue weighted by Crippen LogP contribution is 2.25. The number of methoxy groups -OCH3 is 1. The summed E-state index contributed by atoms with van der Waals surface area (Å²) >= 11 is 0. The number of nitrogens with zero attached hydrogens (tertiary/aromatic N) is 1. The van der Waals surface area contributed by atoms with Gasteiger partial charge in [0.1, 0.15) is 0 Å². The van der Waals surface area contributed by atoms with Crippen molar-refractivity contribution in [1.29, 1.82) is 0 Å². The topological polar surface area (TPSA) is 58.7 Å². The predicted molar refractivity (Wildman–Crippen MR) is 69.9 cm³/mol. The molecule has 17 heavy (non-hydrogen) atoms. The molecular formula is C13H28N2O2. The van der Waals surface area contributed by atoms with Gasteiger partial charge in [-0.2, -0.15) is 0 Å². The molecule has 0 saturated carbocycles. The molecule has 102 valence electrons. The van der Waals surface area contributed by atoms with Crippen LogP contribution in [-0.4, -0.2) is 55.0 Å². The van der Waals surface area contributed by atoms with Crippen LogP contribution in [0.4, 0.5) is 0 Å². The van der Waals surface area contributed by atoms with Crippen LogP contribution in [0.5, 0.6) is 0 Å². The number of aliphatic hydroxyl groups is 1. The number of nitrogens with two attached hydrogens (primary N) is 1. The number of hydrogen-bond donors (Lipinski definition) is 2. The van der Waals surface area contributed by atoms with Crippen molar-refractivity contribution in [3.63, 3.8) is 0 Å². The van der Waals surface area contributed by atoms with Gasteiger partial charge in [0.15, 0.2) is 0 Å². The minimum absolute atomic E-state index is 0.00778. The lowest BCUT2D eigenvalue weighted by Gasteiger charge is -2.42. The predicted octanol–water partition coefficient (Wildman–Crippen LogP) is 0.832. The molecule has 0 amide bonds. The molecule has 1 aliphatic heterocycles. The van der Waals surface area contributed by atoms with Gasteiger partial charge in [0.25, 0.3) is 0 Å². The lowest BCUT2D eigenvalue weighted by atomic mass is 9.82. The molecule has 0 aliphatic carbocycles. The van der Waals surface area contributed by atoms with Crippen LogP contribution in [-0.2, 0) is 4.74 Å². The number of likely N-dealkylation sites (tertiary alicyclic amines) is 1. The van der Waals surface area contributed by atoms with E-state index in [1.807, 2.05) is 0 Å². The number of hydrogen-bond acceptors (Lipinski definition) is 4. The summed E-state index contributed by atoms with van der Waals surface area (Å²) in [6.07, 6.45) is 2.43. The van der Waals surface area contributed by atoms with E-state index in [9.17, 15) is 5.11 Å². The zero-order valence-corrected chi connectivity index (χ0v) is 11.6. The van der Waals surface area contributed by atoms with E-state index < -0.39 is 0 Å². The van der Waals surface area contributed by atoms with Gasteiger partial charge in [0.05, 0.1) is 12.7 Å². The Morgan fingerprint density at radius 1 is 1.35 bits per heavy atom. The highest BCUT2D eigenvalue weighted by molar-refractivity contribution is 4.91. The fraction of sp³-hybridized carbons (Fsp3) is 1.00. The van der Waals surface area contributed by atoms with Crippen LogP contribution in [0.25, 0.3) is 0 Å². The molecule has 0 spiro atoms. The maximum atomic E-state index is 9.58. The average molecular weight is 244 g/mol. The van der Waals surface area contributed by atoms with Gasteiger partial charge in [-0.25, -0.2) is 0 Å². The van der Waals surface area contributed by atoms with Gasteiger partial charge in [-0.3, -0.25) is 4.90 Å². The number of piperidine rings is 1. The highest BCUT2D eigenvalue weighted by Gasteiger charge is 2.34. The molecule has 1 fully saturated rings.